The Kier molecular flexibility index (Phi) is 4.06. The Morgan fingerprint density at radius 2 is 1.94 bits per heavy atom. The molecule has 1 aromatic rings. The van der Waals surface area contributed by atoms with E-state index in [0.717, 1.165) is 5.02 Å². The Hall–Kier alpha value is -0.180. The molecule has 1 nitrogen and oxygen atoms in total. The first kappa shape index (κ1) is 13.3. The highest BCUT2D eigenvalue weighted by Gasteiger charge is 2.36. The van der Waals surface area contributed by atoms with E-state index in [0.29, 0.717) is 5.25 Å². The van der Waals surface area contributed by atoms with Crippen LogP contribution >= 0.6 is 23.4 Å². The summed E-state index contributed by atoms with van der Waals surface area (Å²) >= 11 is 7.79. The highest BCUT2D eigenvalue weighted by molar-refractivity contribution is 8.00. The normalized spacial score (nSPS) is 28.0. The minimum Gasteiger partial charge on any atom is -0.326 e. The molecule has 0 spiro atoms. The van der Waals surface area contributed by atoms with Crippen molar-refractivity contribution in [1.29, 1.82) is 0 Å². The standard InChI is InChI=1S/C14H20ClNS/c1-14(2)9-3-4-12(13(14)16)17-11-7-5-10(15)6-8-11/h5-8,12-13H,3-4,9,16H2,1-2H3. The number of halogens is 1. The summed E-state index contributed by atoms with van der Waals surface area (Å²) in [7, 11) is 0. The highest BCUT2D eigenvalue weighted by atomic mass is 35.5. The van der Waals surface area contributed by atoms with Crippen molar-refractivity contribution >= 4 is 23.4 Å². The second kappa shape index (κ2) is 5.21. The second-order valence-corrected chi connectivity index (χ2v) is 7.27. The van der Waals surface area contributed by atoms with Crippen LogP contribution in [0.5, 0.6) is 0 Å². The van der Waals surface area contributed by atoms with Gasteiger partial charge in [-0.2, -0.15) is 0 Å². The Balaban J connectivity index is 2.05. The molecule has 1 fully saturated rings. The number of nitrogens with two attached hydrogens (primary N) is 1. The predicted octanol–water partition coefficient (Wildman–Crippen LogP) is 4.34. The zero-order valence-electron chi connectivity index (χ0n) is 10.4. The van der Waals surface area contributed by atoms with E-state index in [1.807, 2.05) is 23.9 Å². The van der Waals surface area contributed by atoms with E-state index in [2.05, 4.69) is 26.0 Å². The average Bonchev–Trinajstić information content (AvgIpc) is 2.28. The zero-order valence-corrected chi connectivity index (χ0v) is 12.0. The van der Waals surface area contributed by atoms with Crippen LogP contribution in [0.3, 0.4) is 0 Å². The van der Waals surface area contributed by atoms with Crippen molar-refractivity contribution < 1.29 is 0 Å². The van der Waals surface area contributed by atoms with Gasteiger partial charge in [-0.15, -0.1) is 11.8 Å². The van der Waals surface area contributed by atoms with Crippen LogP contribution in [0.2, 0.25) is 5.02 Å². The molecule has 17 heavy (non-hydrogen) atoms. The van der Waals surface area contributed by atoms with Gasteiger partial charge in [-0.3, -0.25) is 0 Å². The first-order valence-electron chi connectivity index (χ1n) is 6.17. The second-order valence-electron chi connectivity index (χ2n) is 5.52. The predicted molar refractivity (Wildman–Crippen MR) is 76.7 cm³/mol. The fourth-order valence-corrected chi connectivity index (χ4v) is 4.00. The van der Waals surface area contributed by atoms with E-state index in [9.17, 15) is 0 Å². The number of benzene rings is 1. The van der Waals surface area contributed by atoms with E-state index in [-0.39, 0.29) is 11.5 Å². The lowest BCUT2D eigenvalue weighted by Gasteiger charge is -2.41. The molecule has 3 heteroatoms. The third kappa shape index (κ3) is 3.18. The van der Waals surface area contributed by atoms with Crippen LogP contribution in [0.4, 0.5) is 0 Å². The van der Waals surface area contributed by atoms with Gasteiger partial charge in [-0.25, -0.2) is 0 Å². The van der Waals surface area contributed by atoms with Crippen molar-refractivity contribution in [3.8, 4) is 0 Å². The molecule has 0 aromatic heterocycles. The summed E-state index contributed by atoms with van der Waals surface area (Å²) in [6.07, 6.45) is 3.75. The number of hydrogen-bond acceptors (Lipinski definition) is 2. The lowest BCUT2D eigenvalue weighted by molar-refractivity contribution is 0.208. The topological polar surface area (TPSA) is 26.0 Å². The third-order valence-electron chi connectivity index (χ3n) is 3.71. The van der Waals surface area contributed by atoms with Gasteiger partial charge < -0.3 is 5.73 Å². The van der Waals surface area contributed by atoms with Crippen molar-refractivity contribution in [2.24, 2.45) is 11.1 Å². The maximum absolute atomic E-state index is 6.39. The number of thioether (sulfide) groups is 1. The Labute approximate surface area is 113 Å². The molecular weight excluding hydrogens is 250 g/mol. The van der Waals surface area contributed by atoms with Gasteiger partial charge in [-0.05, 0) is 42.5 Å². The zero-order chi connectivity index (χ0) is 12.5. The first-order chi connectivity index (χ1) is 7.99. The molecule has 2 N–H and O–H groups in total. The lowest BCUT2D eigenvalue weighted by atomic mass is 9.73. The fourth-order valence-electron chi connectivity index (χ4n) is 2.43. The minimum atomic E-state index is 0.266. The molecule has 2 unspecified atom stereocenters. The molecule has 1 aliphatic rings. The van der Waals surface area contributed by atoms with E-state index in [1.54, 1.807) is 0 Å². The van der Waals surface area contributed by atoms with Crippen molar-refractivity contribution in [2.75, 3.05) is 0 Å². The summed E-state index contributed by atoms with van der Waals surface area (Å²) in [5, 5.41) is 1.32. The summed E-state index contributed by atoms with van der Waals surface area (Å²) in [4.78, 5) is 1.27. The van der Waals surface area contributed by atoms with Crippen LogP contribution in [-0.4, -0.2) is 11.3 Å². The largest absolute Gasteiger partial charge is 0.326 e. The van der Waals surface area contributed by atoms with Gasteiger partial charge in [0.1, 0.15) is 0 Å². The van der Waals surface area contributed by atoms with Crippen molar-refractivity contribution in [3.63, 3.8) is 0 Å². The molecule has 0 saturated heterocycles. The molecule has 2 rings (SSSR count). The average molecular weight is 270 g/mol. The van der Waals surface area contributed by atoms with E-state index in [4.69, 9.17) is 17.3 Å². The van der Waals surface area contributed by atoms with Gasteiger partial charge in [0, 0.05) is 21.2 Å². The molecule has 0 radical (unpaired) electrons. The molecule has 1 saturated carbocycles. The van der Waals surface area contributed by atoms with Gasteiger partial charge >= 0.3 is 0 Å². The Morgan fingerprint density at radius 3 is 2.59 bits per heavy atom. The summed E-state index contributed by atoms with van der Waals surface area (Å²) in [6.45, 7) is 4.57. The third-order valence-corrected chi connectivity index (χ3v) is 5.34. The minimum absolute atomic E-state index is 0.266. The first-order valence-corrected chi connectivity index (χ1v) is 7.42. The van der Waals surface area contributed by atoms with E-state index in [1.165, 1.54) is 24.2 Å². The molecule has 0 heterocycles. The summed E-state index contributed by atoms with van der Waals surface area (Å²) in [6, 6.07) is 8.34. The summed E-state index contributed by atoms with van der Waals surface area (Å²) in [5.74, 6) is 0. The van der Waals surface area contributed by atoms with Gasteiger partial charge in [0.05, 0.1) is 0 Å². The Morgan fingerprint density at radius 1 is 1.29 bits per heavy atom. The smallest absolute Gasteiger partial charge is 0.0406 e. The van der Waals surface area contributed by atoms with E-state index >= 15 is 0 Å². The van der Waals surface area contributed by atoms with Crippen LogP contribution in [0, 0.1) is 5.41 Å². The van der Waals surface area contributed by atoms with E-state index < -0.39 is 0 Å². The quantitative estimate of drug-likeness (QED) is 0.864. The molecule has 0 aliphatic heterocycles. The van der Waals surface area contributed by atoms with Gasteiger partial charge in [0.25, 0.3) is 0 Å². The molecule has 2 atom stereocenters. The van der Waals surface area contributed by atoms with Gasteiger partial charge in [-0.1, -0.05) is 31.9 Å². The Bertz CT molecular complexity index is 374. The molecular formula is C14H20ClNS. The van der Waals surface area contributed by atoms with Crippen LogP contribution in [0.1, 0.15) is 33.1 Å². The van der Waals surface area contributed by atoms with Crippen molar-refractivity contribution in [3.05, 3.63) is 29.3 Å². The maximum atomic E-state index is 6.39. The highest BCUT2D eigenvalue weighted by Crippen LogP contribution is 2.41. The lowest BCUT2D eigenvalue weighted by Crippen LogP contribution is -2.48. The maximum Gasteiger partial charge on any atom is 0.0406 e. The van der Waals surface area contributed by atoms with Crippen LogP contribution in [0.25, 0.3) is 0 Å². The number of rotatable bonds is 2. The molecule has 0 bridgehead atoms. The van der Waals surface area contributed by atoms with Crippen molar-refractivity contribution in [1.82, 2.24) is 0 Å². The van der Waals surface area contributed by atoms with Crippen molar-refractivity contribution in [2.45, 2.75) is 49.3 Å². The fraction of sp³-hybridized carbons (Fsp3) is 0.571. The summed E-state index contributed by atoms with van der Waals surface area (Å²) in [5.41, 5.74) is 6.65. The molecule has 94 valence electrons. The van der Waals surface area contributed by atoms with Crippen LogP contribution in [0.15, 0.2) is 29.2 Å². The molecule has 1 aromatic carbocycles. The SMILES string of the molecule is CC1(C)CCCC(Sc2ccc(Cl)cc2)C1N. The van der Waals surface area contributed by atoms with Gasteiger partial charge in [0.2, 0.25) is 0 Å². The molecule has 0 amide bonds. The summed E-state index contributed by atoms with van der Waals surface area (Å²) < 4.78 is 0. The molecule has 1 aliphatic carbocycles. The van der Waals surface area contributed by atoms with Crippen LogP contribution in [-0.2, 0) is 0 Å². The van der Waals surface area contributed by atoms with Gasteiger partial charge in [0.15, 0.2) is 0 Å². The monoisotopic (exact) mass is 269 g/mol. The van der Waals surface area contributed by atoms with Crippen LogP contribution < -0.4 is 5.73 Å². The number of hydrogen-bond donors (Lipinski definition) is 1.